The molecule has 230 valence electrons. The molecule has 0 unspecified atom stereocenters. The summed E-state index contributed by atoms with van der Waals surface area (Å²) in [4.78, 5) is 40.2. The lowest BCUT2D eigenvalue weighted by Gasteiger charge is -2.16. The Morgan fingerprint density at radius 2 is 1.80 bits per heavy atom. The van der Waals surface area contributed by atoms with Crippen LogP contribution in [0.25, 0.3) is 43.5 Å². The molecule has 9 nitrogen and oxygen atoms in total. The summed E-state index contributed by atoms with van der Waals surface area (Å²) in [6.45, 7) is 7.32. The number of rotatable bonds is 7. The van der Waals surface area contributed by atoms with Crippen molar-refractivity contribution in [2.24, 2.45) is 0 Å². The van der Waals surface area contributed by atoms with Crippen LogP contribution in [-0.2, 0) is 6.54 Å². The average Bonchev–Trinajstić information content (AvgIpc) is 3.33. The van der Waals surface area contributed by atoms with E-state index in [1.165, 1.54) is 15.9 Å². The largest absolute Gasteiger partial charge is 0.491 e. The zero-order chi connectivity index (χ0) is 32.9. The van der Waals surface area contributed by atoms with Crippen LogP contribution < -0.4 is 10.3 Å². The molecule has 0 atom stereocenters. The molecule has 0 bridgehead atoms. The second-order valence-corrected chi connectivity index (χ2v) is 12.8. The maximum atomic E-state index is 13.9. The van der Waals surface area contributed by atoms with Gasteiger partial charge in [-0.2, -0.15) is 5.26 Å². The van der Waals surface area contributed by atoms with Crippen LogP contribution in [0.15, 0.2) is 53.3 Å². The topological polar surface area (TPSA) is 131 Å². The molecule has 0 radical (unpaired) electrons. The van der Waals surface area contributed by atoms with Crippen LogP contribution in [0.3, 0.4) is 0 Å². The van der Waals surface area contributed by atoms with Crippen LogP contribution in [0.1, 0.15) is 38.0 Å². The number of nitrogens with zero attached hydrogens (tertiary/aromatic N) is 5. The molecule has 0 aliphatic carbocycles. The van der Waals surface area contributed by atoms with Crippen molar-refractivity contribution in [2.75, 3.05) is 6.61 Å². The number of nitriles is 1. The molecular weight excluding hydrogens is 645 g/mol. The summed E-state index contributed by atoms with van der Waals surface area (Å²) in [7, 11) is 0. The van der Waals surface area contributed by atoms with Crippen LogP contribution >= 0.6 is 34.5 Å². The van der Waals surface area contributed by atoms with Crippen molar-refractivity contribution in [2.45, 2.75) is 34.2 Å². The van der Waals surface area contributed by atoms with Gasteiger partial charge in [-0.15, -0.1) is 11.3 Å². The fraction of sp³-hybridized carbons (Fsp3) is 0.176. The van der Waals surface area contributed by atoms with Crippen LogP contribution in [0.5, 0.6) is 5.75 Å². The van der Waals surface area contributed by atoms with Crippen LogP contribution in [0.4, 0.5) is 0 Å². The number of hydrogen-bond acceptors (Lipinski definition) is 8. The number of fused-ring (bicyclic) bond motifs is 2. The highest BCUT2D eigenvalue weighted by atomic mass is 35.5. The predicted molar refractivity (Wildman–Crippen MR) is 180 cm³/mol. The van der Waals surface area contributed by atoms with Crippen LogP contribution in [0, 0.1) is 39.0 Å². The number of thiophene rings is 1. The van der Waals surface area contributed by atoms with Gasteiger partial charge in [0, 0.05) is 38.0 Å². The minimum absolute atomic E-state index is 0.0847. The second-order valence-electron chi connectivity index (χ2n) is 10.7. The van der Waals surface area contributed by atoms with E-state index in [1.54, 1.807) is 51.1 Å². The SMILES string of the molecule is Cc1cccc(-c2c(Cl)cc3nc(C)n(CCOc4ccc(Cl)cc4-c4cc(C)nc5c(C(=O)O)c(C)sc45)c(=O)c3c2C#N)n1. The summed E-state index contributed by atoms with van der Waals surface area (Å²) in [5, 5.41) is 20.9. The summed E-state index contributed by atoms with van der Waals surface area (Å²) >= 11 is 14.4. The Morgan fingerprint density at radius 3 is 2.52 bits per heavy atom. The molecule has 0 amide bonds. The number of hydrogen-bond donors (Lipinski definition) is 1. The smallest absolute Gasteiger partial charge is 0.339 e. The third kappa shape index (κ3) is 5.47. The highest BCUT2D eigenvalue weighted by Gasteiger charge is 2.23. The van der Waals surface area contributed by atoms with E-state index in [1.807, 2.05) is 25.1 Å². The van der Waals surface area contributed by atoms with Gasteiger partial charge in [0.1, 0.15) is 24.3 Å². The van der Waals surface area contributed by atoms with Gasteiger partial charge >= 0.3 is 5.97 Å². The van der Waals surface area contributed by atoms with E-state index in [4.69, 9.17) is 27.9 Å². The molecule has 4 aromatic heterocycles. The number of ether oxygens (including phenoxy) is 1. The predicted octanol–water partition coefficient (Wildman–Crippen LogP) is 7.92. The molecule has 0 aliphatic rings. The Morgan fingerprint density at radius 1 is 1.02 bits per heavy atom. The van der Waals surface area contributed by atoms with Crippen molar-refractivity contribution in [1.82, 2.24) is 19.5 Å². The van der Waals surface area contributed by atoms with Gasteiger partial charge in [-0.05, 0) is 70.2 Å². The molecule has 12 heteroatoms. The highest BCUT2D eigenvalue weighted by molar-refractivity contribution is 7.20. The fourth-order valence-corrected chi connectivity index (χ4v) is 7.19. The van der Waals surface area contributed by atoms with E-state index in [9.17, 15) is 20.0 Å². The fourth-order valence-electron chi connectivity index (χ4n) is 5.61. The summed E-state index contributed by atoms with van der Waals surface area (Å²) in [5.74, 6) is -0.110. The van der Waals surface area contributed by atoms with Gasteiger partial charge in [0.25, 0.3) is 5.56 Å². The summed E-state index contributed by atoms with van der Waals surface area (Å²) < 4.78 is 8.43. The summed E-state index contributed by atoms with van der Waals surface area (Å²) in [6.07, 6.45) is 0. The summed E-state index contributed by atoms with van der Waals surface area (Å²) in [5.41, 5.74) is 4.29. The lowest BCUT2D eigenvalue weighted by Crippen LogP contribution is -2.27. The van der Waals surface area contributed by atoms with Gasteiger partial charge < -0.3 is 9.84 Å². The molecule has 1 N–H and O–H groups in total. The zero-order valence-electron chi connectivity index (χ0n) is 25.1. The first kappa shape index (κ1) is 31.2. The molecule has 6 rings (SSSR count). The van der Waals surface area contributed by atoms with Crippen molar-refractivity contribution in [3.05, 3.63) is 102 Å². The maximum Gasteiger partial charge on any atom is 0.339 e. The van der Waals surface area contributed by atoms with Crippen LogP contribution in [0.2, 0.25) is 10.0 Å². The van der Waals surface area contributed by atoms with E-state index < -0.39 is 11.5 Å². The Balaban J connectivity index is 1.39. The van der Waals surface area contributed by atoms with Gasteiger partial charge in [-0.3, -0.25) is 19.3 Å². The Bertz CT molecular complexity index is 2340. The molecule has 0 fully saturated rings. The van der Waals surface area contributed by atoms with Crippen molar-refractivity contribution in [3.8, 4) is 34.2 Å². The molecule has 46 heavy (non-hydrogen) atoms. The first-order valence-electron chi connectivity index (χ1n) is 14.1. The molecule has 0 saturated heterocycles. The summed E-state index contributed by atoms with van der Waals surface area (Å²) in [6, 6.07) is 16.2. The number of aromatic carboxylic acids is 1. The molecule has 4 heterocycles. The number of benzene rings is 2. The first-order valence-corrected chi connectivity index (χ1v) is 15.7. The number of carbonyl (C=O) groups is 1. The Hall–Kier alpha value is -4.82. The number of halogens is 2. The second kappa shape index (κ2) is 12.2. The quantitative estimate of drug-likeness (QED) is 0.181. The molecule has 2 aromatic carbocycles. The van der Waals surface area contributed by atoms with E-state index in [-0.39, 0.29) is 34.7 Å². The lowest BCUT2D eigenvalue weighted by molar-refractivity contribution is 0.0698. The lowest BCUT2D eigenvalue weighted by atomic mass is 10.00. The standard InChI is InChI=1S/C34H25Cl2N5O4S/c1-16-6-5-7-25(38-16)29-23(15-37)30-26(14-24(29)36)40-19(4)41(33(30)42)10-11-45-27-9-8-20(35)13-21(27)22-12-17(2)39-31-28(34(43)44)18(3)46-32(22)31/h5-9,12-14H,10-11H2,1-4H3,(H,43,44). The van der Waals surface area contributed by atoms with Gasteiger partial charge in [0.05, 0.1) is 49.5 Å². The number of carboxylic acid groups (broad SMARTS) is 1. The van der Waals surface area contributed by atoms with E-state index >= 15 is 0 Å². The monoisotopic (exact) mass is 669 g/mol. The molecular formula is C34H25Cl2N5O4S. The number of aromatic nitrogens is 4. The van der Waals surface area contributed by atoms with Crippen molar-refractivity contribution < 1.29 is 14.6 Å². The van der Waals surface area contributed by atoms with E-state index in [0.29, 0.717) is 59.7 Å². The van der Waals surface area contributed by atoms with Gasteiger partial charge in [-0.25, -0.2) is 9.78 Å². The van der Waals surface area contributed by atoms with Crippen LogP contribution in [-0.4, -0.2) is 37.2 Å². The van der Waals surface area contributed by atoms with Crippen molar-refractivity contribution in [3.63, 3.8) is 0 Å². The molecule has 0 aliphatic heterocycles. The average molecular weight is 671 g/mol. The van der Waals surface area contributed by atoms with Crippen molar-refractivity contribution >= 4 is 61.6 Å². The minimum atomic E-state index is -1.04. The number of carboxylic acids is 1. The highest BCUT2D eigenvalue weighted by Crippen LogP contribution is 2.42. The molecule has 0 spiro atoms. The minimum Gasteiger partial charge on any atom is -0.491 e. The van der Waals surface area contributed by atoms with Crippen molar-refractivity contribution in [1.29, 1.82) is 5.26 Å². The Labute approximate surface area is 277 Å². The Kier molecular flexibility index (Phi) is 8.25. The normalized spacial score (nSPS) is 11.2. The van der Waals surface area contributed by atoms with Gasteiger partial charge in [0.2, 0.25) is 0 Å². The van der Waals surface area contributed by atoms with Gasteiger partial charge in [-0.1, -0.05) is 29.3 Å². The van der Waals surface area contributed by atoms with E-state index in [2.05, 4.69) is 21.0 Å². The molecule has 0 saturated carbocycles. The van der Waals surface area contributed by atoms with Gasteiger partial charge in [0.15, 0.2) is 0 Å². The third-order valence-corrected chi connectivity index (χ3v) is 9.27. The zero-order valence-corrected chi connectivity index (χ0v) is 27.4. The maximum absolute atomic E-state index is 13.9. The van der Waals surface area contributed by atoms with E-state index in [0.717, 1.165) is 11.3 Å². The number of pyridine rings is 2. The first-order chi connectivity index (χ1) is 22.0. The number of aryl methyl sites for hydroxylation is 4. The third-order valence-electron chi connectivity index (χ3n) is 7.61. The molecule has 6 aromatic rings.